The number of aromatic nitrogens is 2. The van der Waals surface area contributed by atoms with Gasteiger partial charge in [-0.3, -0.25) is 9.59 Å². The topological polar surface area (TPSA) is 86.5 Å². The number of fused-ring (bicyclic) bond motifs is 6. The summed E-state index contributed by atoms with van der Waals surface area (Å²) in [4.78, 5) is 29.4. The average Bonchev–Trinajstić information content (AvgIpc) is 4.17. The Bertz CT molecular complexity index is 2750. The minimum atomic E-state index is -0.576. The number of ether oxygens (including phenoxy) is 2. The van der Waals surface area contributed by atoms with Crippen LogP contribution in [0.2, 0.25) is 0 Å². The molecule has 0 amide bonds. The predicted octanol–water partition coefficient (Wildman–Crippen LogP) is 21.8. The van der Waals surface area contributed by atoms with E-state index in [0.29, 0.717) is 36.1 Å². The third kappa shape index (κ3) is 17.6. The van der Waals surface area contributed by atoms with Gasteiger partial charge in [0.1, 0.15) is 33.0 Å². The van der Waals surface area contributed by atoms with Crippen molar-refractivity contribution in [3.05, 3.63) is 94.3 Å². The van der Waals surface area contributed by atoms with Crippen LogP contribution in [0.4, 0.5) is 11.4 Å². The first kappa shape index (κ1) is 62.7. The van der Waals surface area contributed by atoms with Gasteiger partial charge in [0.25, 0.3) is 0 Å². The predicted molar refractivity (Wildman–Crippen MR) is 343 cm³/mol. The van der Waals surface area contributed by atoms with Gasteiger partial charge in [-0.1, -0.05) is 267 Å². The number of nitrogens with one attached hydrogen (secondary N) is 2. The second-order valence-electron chi connectivity index (χ2n) is 23.0. The second kappa shape index (κ2) is 34.5. The van der Waals surface area contributed by atoms with Crippen LogP contribution in [-0.2, 0) is 22.7 Å². The number of carbonyl (C=O) groups excluding carboxylic acids is 2. The van der Waals surface area contributed by atoms with Crippen LogP contribution in [0.1, 0.15) is 233 Å². The number of allylic oxidation sites excluding steroid dienone is 2. The molecule has 2 heterocycles. The number of hydrogen-bond acceptors (Lipinski definition) is 6. The zero-order chi connectivity index (χ0) is 56.3. The highest BCUT2D eigenvalue weighted by Crippen LogP contribution is 2.42. The highest BCUT2D eigenvalue weighted by molar-refractivity contribution is 6.56. The molecule has 0 radical (unpaired) electrons. The first-order chi connectivity index (χ1) is 39.3. The van der Waals surface area contributed by atoms with Gasteiger partial charge in [0.2, 0.25) is 11.6 Å². The molecule has 1 aliphatic rings. The molecule has 0 saturated carbocycles. The molecule has 80 heavy (non-hydrogen) atoms. The summed E-state index contributed by atoms with van der Waals surface area (Å²) in [5.74, 6) is 0.0557. The van der Waals surface area contributed by atoms with E-state index in [-0.39, 0.29) is 21.5 Å². The maximum absolute atomic E-state index is 14.7. The quantitative estimate of drug-likeness (QED) is 0.0293. The normalized spacial score (nSPS) is 13.1. The Labute approximate surface area is 491 Å². The number of benzene rings is 4. The van der Waals surface area contributed by atoms with Crippen LogP contribution < -0.4 is 20.1 Å². The standard InChI is InChI=1S/C70H98Cl2N4O4/c1-5-9-13-17-21-23-25-27-29-37-45-75-59-43-35-33-41-53(59)55-49-57(63(51-61(55)75)79-47-39-31-19-15-11-7-3)73-67-65(71)70(78)68(66(72)69(67)77)74-58-50-56-54-42-34-36-44-60(54)76(46-38-30-28-26-24-22-18-14-10-6-2)62(56)52-64(58)80-48-40-32-20-16-12-8-4/h33-36,41-44,49-52,73-74H,5-32,37-40,45-48H2,1-4H3. The Balaban J connectivity index is 1.14. The number of nitrogens with zero attached hydrogens (tertiary/aromatic N) is 2. The smallest absolute Gasteiger partial charge is 0.224 e. The highest BCUT2D eigenvalue weighted by Gasteiger charge is 2.35. The molecule has 7 rings (SSSR count). The monoisotopic (exact) mass is 1130 g/mol. The lowest BCUT2D eigenvalue weighted by Gasteiger charge is -2.22. The van der Waals surface area contributed by atoms with Gasteiger partial charge in [0.15, 0.2) is 0 Å². The van der Waals surface area contributed by atoms with Crippen molar-refractivity contribution in [1.82, 2.24) is 9.13 Å². The number of hydrogen-bond donors (Lipinski definition) is 2. The largest absolute Gasteiger partial charge is 0.491 e. The number of aryl methyl sites for hydroxylation is 2. The lowest BCUT2D eigenvalue weighted by molar-refractivity contribution is -0.115. The van der Waals surface area contributed by atoms with Crippen LogP contribution in [0.25, 0.3) is 43.6 Å². The van der Waals surface area contributed by atoms with Crippen molar-refractivity contribution in [3.8, 4) is 11.5 Å². The van der Waals surface area contributed by atoms with Crippen molar-refractivity contribution in [2.75, 3.05) is 23.8 Å². The van der Waals surface area contributed by atoms with Crippen LogP contribution in [0.15, 0.2) is 94.3 Å². The minimum absolute atomic E-state index is 0.0740. The average molecular weight is 1130 g/mol. The number of Topliss-reactive ketones (excluding diaryl/α,β-unsaturated/α-hetero) is 2. The fraction of sp³-hybridized carbons (Fsp3) is 0.571. The van der Waals surface area contributed by atoms with Crippen molar-refractivity contribution >= 4 is 89.8 Å². The highest BCUT2D eigenvalue weighted by atomic mass is 35.5. The fourth-order valence-corrected chi connectivity index (χ4v) is 12.3. The van der Waals surface area contributed by atoms with Crippen molar-refractivity contribution in [3.63, 3.8) is 0 Å². The Morgan fingerprint density at radius 2 is 0.662 bits per heavy atom. The lowest BCUT2D eigenvalue weighted by Crippen LogP contribution is -2.27. The van der Waals surface area contributed by atoms with Crippen molar-refractivity contribution in [1.29, 1.82) is 0 Å². The van der Waals surface area contributed by atoms with E-state index in [1.807, 2.05) is 0 Å². The van der Waals surface area contributed by atoms with Crippen molar-refractivity contribution < 1.29 is 19.1 Å². The third-order valence-corrected chi connectivity index (χ3v) is 17.3. The SMILES string of the molecule is CCCCCCCCCCCCn1c2ccccc2c2cc(NC3=C(Cl)C(=O)C(Nc4cc5c6ccccc6n(CCCCCCCCCCCC)c5cc4OCCCCCCCC)=C(Cl)C3=O)c(OCCCCCCCC)cc21. The van der Waals surface area contributed by atoms with E-state index in [9.17, 15) is 9.59 Å². The van der Waals surface area contributed by atoms with E-state index in [4.69, 9.17) is 32.7 Å². The van der Waals surface area contributed by atoms with Crippen molar-refractivity contribution in [2.45, 2.75) is 246 Å². The summed E-state index contributed by atoms with van der Waals surface area (Å²) in [6, 6.07) is 25.4. The van der Waals surface area contributed by atoms with Crippen LogP contribution in [0.3, 0.4) is 0 Å². The number of para-hydroxylation sites is 2. The van der Waals surface area contributed by atoms with E-state index >= 15 is 0 Å². The summed E-state index contributed by atoms with van der Waals surface area (Å²) >= 11 is 14.2. The maximum atomic E-state index is 14.7. The molecular formula is C70H98Cl2N4O4. The molecular weight excluding hydrogens is 1030 g/mol. The van der Waals surface area contributed by atoms with Crippen LogP contribution >= 0.6 is 23.2 Å². The van der Waals surface area contributed by atoms with Gasteiger partial charge in [-0.2, -0.15) is 0 Å². The zero-order valence-corrected chi connectivity index (χ0v) is 51.2. The van der Waals surface area contributed by atoms with Gasteiger partial charge < -0.3 is 29.2 Å². The summed E-state index contributed by atoms with van der Waals surface area (Å²) in [6.07, 6.45) is 39.2. The maximum Gasteiger partial charge on any atom is 0.224 e. The molecule has 8 nitrogen and oxygen atoms in total. The molecule has 0 unspecified atom stereocenters. The van der Waals surface area contributed by atoms with Crippen LogP contribution in [0.5, 0.6) is 11.5 Å². The number of ketones is 2. The number of rotatable bonds is 42. The molecule has 0 atom stereocenters. The summed E-state index contributed by atoms with van der Waals surface area (Å²) in [7, 11) is 0. The second-order valence-corrected chi connectivity index (χ2v) is 23.7. The number of halogens is 2. The Morgan fingerprint density at radius 3 is 1.00 bits per heavy atom. The summed E-state index contributed by atoms with van der Waals surface area (Å²) in [5, 5.41) is 10.5. The molecule has 1 aliphatic carbocycles. The Kier molecular flexibility index (Phi) is 27.0. The number of unbranched alkanes of at least 4 members (excludes halogenated alkanes) is 28. The first-order valence-electron chi connectivity index (χ1n) is 32.1. The third-order valence-electron chi connectivity index (χ3n) is 16.5. The molecule has 0 aliphatic heterocycles. The fourth-order valence-electron chi connectivity index (χ4n) is 11.8. The summed E-state index contributed by atoms with van der Waals surface area (Å²) in [6.45, 7) is 11.8. The summed E-state index contributed by atoms with van der Waals surface area (Å²) < 4.78 is 18.2. The number of anilines is 2. The van der Waals surface area contributed by atoms with Gasteiger partial charge in [0.05, 0.1) is 35.6 Å². The molecule has 2 N–H and O–H groups in total. The number of carbonyl (C=O) groups is 2. The molecule has 2 aromatic heterocycles. The van der Waals surface area contributed by atoms with E-state index in [0.717, 1.165) is 108 Å². The minimum Gasteiger partial charge on any atom is -0.491 e. The Morgan fingerprint density at radius 1 is 0.362 bits per heavy atom. The van der Waals surface area contributed by atoms with Crippen LogP contribution in [0, 0.1) is 0 Å². The molecule has 4 aromatic carbocycles. The molecule has 0 saturated heterocycles. The lowest BCUT2D eigenvalue weighted by atomic mass is 10.0. The van der Waals surface area contributed by atoms with Gasteiger partial charge >= 0.3 is 0 Å². The van der Waals surface area contributed by atoms with Gasteiger partial charge in [-0.05, 0) is 49.9 Å². The molecule has 436 valence electrons. The zero-order valence-electron chi connectivity index (χ0n) is 49.7. The van der Waals surface area contributed by atoms with Gasteiger partial charge in [0, 0.05) is 57.8 Å². The molecule has 0 spiro atoms. The van der Waals surface area contributed by atoms with Crippen LogP contribution in [-0.4, -0.2) is 33.9 Å². The first-order valence-corrected chi connectivity index (χ1v) is 32.8. The summed E-state index contributed by atoms with van der Waals surface area (Å²) in [5.41, 5.74) is 5.45. The molecule has 0 bridgehead atoms. The van der Waals surface area contributed by atoms with E-state index < -0.39 is 11.6 Å². The van der Waals surface area contributed by atoms with Gasteiger partial charge in [-0.15, -0.1) is 0 Å². The van der Waals surface area contributed by atoms with E-state index in [1.165, 1.54) is 154 Å². The van der Waals surface area contributed by atoms with Gasteiger partial charge in [-0.25, -0.2) is 0 Å². The van der Waals surface area contributed by atoms with E-state index in [2.05, 4.69) is 120 Å². The Hall–Kier alpha value is -4.92. The molecule has 10 heteroatoms. The van der Waals surface area contributed by atoms with E-state index in [1.54, 1.807) is 0 Å². The molecule has 0 fully saturated rings. The van der Waals surface area contributed by atoms with Crippen molar-refractivity contribution in [2.24, 2.45) is 0 Å². The molecule has 6 aromatic rings.